The normalized spacial score (nSPS) is 28.2. The van der Waals surface area contributed by atoms with Crippen molar-refractivity contribution < 1.29 is 14.3 Å². The minimum absolute atomic E-state index is 0.000231. The van der Waals surface area contributed by atoms with Gasteiger partial charge in [-0.25, -0.2) is 0 Å². The number of hydrogen-bond acceptors (Lipinski definition) is 3. The largest absolute Gasteiger partial charge is 0.371 e. The van der Waals surface area contributed by atoms with Gasteiger partial charge >= 0.3 is 0 Å². The molecule has 13 heavy (non-hydrogen) atoms. The lowest BCUT2D eigenvalue weighted by atomic mass is 10.3. The Morgan fingerprint density at radius 2 is 2.08 bits per heavy atom. The maximum absolute atomic E-state index is 11.4. The van der Waals surface area contributed by atoms with Crippen LogP contribution in [0.2, 0.25) is 0 Å². The predicted octanol–water partition coefficient (Wildman–Crippen LogP) is -1.31. The Balaban J connectivity index is 1.94. The van der Waals surface area contributed by atoms with Gasteiger partial charge in [0.1, 0.15) is 0 Å². The molecule has 2 saturated heterocycles. The van der Waals surface area contributed by atoms with E-state index in [-0.39, 0.29) is 31.0 Å². The SMILES string of the molecule is CN1CC(=O)N(CC2CO2)CC1=O. The molecule has 0 N–H and O–H groups in total. The number of carbonyl (C=O) groups is 2. The van der Waals surface area contributed by atoms with E-state index in [2.05, 4.69) is 0 Å². The Hall–Kier alpha value is -1.10. The molecular formula is C8H12N2O3. The maximum Gasteiger partial charge on any atom is 0.242 e. The van der Waals surface area contributed by atoms with Crippen molar-refractivity contribution in [1.82, 2.24) is 9.80 Å². The number of ether oxygens (including phenoxy) is 1. The first-order valence-corrected chi connectivity index (χ1v) is 4.30. The van der Waals surface area contributed by atoms with E-state index in [9.17, 15) is 9.59 Å². The first-order chi connectivity index (χ1) is 6.16. The molecule has 0 aliphatic carbocycles. The molecule has 2 heterocycles. The number of epoxide rings is 1. The zero-order valence-corrected chi connectivity index (χ0v) is 7.52. The fourth-order valence-electron chi connectivity index (χ4n) is 1.35. The van der Waals surface area contributed by atoms with Crippen LogP contribution in [0.5, 0.6) is 0 Å². The topological polar surface area (TPSA) is 53.2 Å². The van der Waals surface area contributed by atoms with Gasteiger partial charge in [0.2, 0.25) is 11.8 Å². The van der Waals surface area contributed by atoms with E-state index in [1.807, 2.05) is 0 Å². The van der Waals surface area contributed by atoms with Crippen molar-refractivity contribution in [3.05, 3.63) is 0 Å². The maximum atomic E-state index is 11.4. The van der Waals surface area contributed by atoms with E-state index in [1.54, 1.807) is 11.9 Å². The molecule has 0 aromatic carbocycles. The summed E-state index contributed by atoms with van der Waals surface area (Å²) in [5.41, 5.74) is 0. The summed E-state index contributed by atoms with van der Waals surface area (Å²) in [6, 6.07) is 0. The highest BCUT2D eigenvalue weighted by Gasteiger charge is 2.33. The van der Waals surface area contributed by atoms with Gasteiger partial charge in [0.25, 0.3) is 0 Å². The van der Waals surface area contributed by atoms with Crippen molar-refractivity contribution in [2.24, 2.45) is 0 Å². The number of rotatable bonds is 2. The molecule has 0 bridgehead atoms. The molecule has 2 aliphatic rings. The summed E-state index contributed by atoms with van der Waals surface area (Å²) in [6.07, 6.45) is 0.167. The molecule has 72 valence electrons. The lowest BCUT2D eigenvalue weighted by molar-refractivity contribution is -0.148. The van der Waals surface area contributed by atoms with Crippen molar-refractivity contribution in [3.63, 3.8) is 0 Å². The zero-order valence-electron chi connectivity index (χ0n) is 7.52. The first kappa shape index (κ1) is 8.50. The molecule has 2 aliphatic heterocycles. The van der Waals surface area contributed by atoms with Crippen LogP contribution in [0.1, 0.15) is 0 Å². The van der Waals surface area contributed by atoms with Crippen LogP contribution in [0.15, 0.2) is 0 Å². The molecule has 0 saturated carbocycles. The van der Waals surface area contributed by atoms with Gasteiger partial charge in [0, 0.05) is 13.6 Å². The number of hydrogen-bond donors (Lipinski definition) is 0. The van der Waals surface area contributed by atoms with Gasteiger partial charge in [0.15, 0.2) is 0 Å². The highest BCUT2D eigenvalue weighted by molar-refractivity contribution is 5.92. The fourth-order valence-corrected chi connectivity index (χ4v) is 1.35. The van der Waals surface area contributed by atoms with Gasteiger partial charge in [-0.15, -0.1) is 0 Å². The molecule has 5 heteroatoms. The Morgan fingerprint density at radius 1 is 1.38 bits per heavy atom. The van der Waals surface area contributed by atoms with Gasteiger partial charge in [-0.2, -0.15) is 0 Å². The van der Waals surface area contributed by atoms with Crippen molar-refractivity contribution in [1.29, 1.82) is 0 Å². The van der Waals surface area contributed by atoms with E-state index in [4.69, 9.17) is 4.74 Å². The van der Waals surface area contributed by atoms with E-state index < -0.39 is 0 Å². The second-order valence-corrected chi connectivity index (χ2v) is 3.48. The average Bonchev–Trinajstić information content (AvgIpc) is 2.84. The molecule has 0 spiro atoms. The molecule has 5 nitrogen and oxygen atoms in total. The van der Waals surface area contributed by atoms with Crippen LogP contribution in [-0.2, 0) is 14.3 Å². The molecule has 0 aromatic rings. The third-order valence-electron chi connectivity index (χ3n) is 2.30. The van der Waals surface area contributed by atoms with Crippen LogP contribution in [-0.4, -0.2) is 61.0 Å². The Kier molecular flexibility index (Phi) is 1.95. The van der Waals surface area contributed by atoms with Crippen molar-refractivity contribution in [2.75, 3.05) is 33.3 Å². The number of nitrogens with zero attached hydrogens (tertiary/aromatic N) is 2. The molecule has 1 unspecified atom stereocenters. The van der Waals surface area contributed by atoms with Crippen molar-refractivity contribution in [2.45, 2.75) is 6.10 Å². The Bertz CT molecular complexity index is 250. The summed E-state index contributed by atoms with van der Waals surface area (Å²) >= 11 is 0. The summed E-state index contributed by atoms with van der Waals surface area (Å²) in [5.74, 6) is 0.0119. The fraction of sp³-hybridized carbons (Fsp3) is 0.750. The van der Waals surface area contributed by atoms with Crippen LogP contribution in [0, 0.1) is 0 Å². The number of likely N-dealkylation sites (N-methyl/N-ethyl adjacent to an activating group) is 1. The molecular weight excluding hydrogens is 172 g/mol. The summed E-state index contributed by atoms with van der Waals surface area (Å²) < 4.78 is 5.00. The minimum atomic E-state index is 0.000231. The zero-order chi connectivity index (χ0) is 9.42. The van der Waals surface area contributed by atoms with Gasteiger partial charge in [0.05, 0.1) is 25.8 Å². The van der Waals surface area contributed by atoms with Crippen LogP contribution in [0.25, 0.3) is 0 Å². The Labute approximate surface area is 76.2 Å². The van der Waals surface area contributed by atoms with Crippen molar-refractivity contribution >= 4 is 11.8 Å². The summed E-state index contributed by atoms with van der Waals surface area (Å²) in [7, 11) is 1.64. The minimum Gasteiger partial charge on any atom is -0.371 e. The monoisotopic (exact) mass is 184 g/mol. The van der Waals surface area contributed by atoms with E-state index in [0.29, 0.717) is 13.2 Å². The standard InChI is InChI=1S/C8H12N2O3/c1-9-3-8(12)10(4-7(9)11)2-6-5-13-6/h6H,2-5H2,1H3. The summed E-state index contributed by atoms with van der Waals surface area (Å²) in [4.78, 5) is 25.7. The molecule has 2 amide bonds. The third-order valence-corrected chi connectivity index (χ3v) is 2.30. The van der Waals surface area contributed by atoms with Gasteiger partial charge < -0.3 is 14.5 Å². The Morgan fingerprint density at radius 3 is 2.69 bits per heavy atom. The van der Waals surface area contributed by atoms with E-state index in [0.717, 1.165) is 0 Å². The van der Waals surface area contributed by atoms with Crippen LogP contribution in [0.3, 0.4) is 0 Å². The van der Waals surface area contributed by atoms with Gasteiger partial charge in [-0.1, -0.05) is 0 Å². The lowest BCUT2D eigenvalue weighted by Gasteiger charge is -2.31. The molecule has 0 radical (unpaired) electrons. The van der Waals surface area contributed by atoms with Gasteiger partial charge in [-0.3, -0.25) is 9.59 Å². The number of amides is 2. The van der Waals surface area contributed by atoms with Crippen LogP contribution >= 0.6 is 0 Å². The smallest absolute Gasteiger partial charge is 0.242 e. The first-order valence-electron chi connectivity index (χ1n) is 4.30. The molecule has 1 atom stereocenters. The molecule has 0 aromatic heterocycles. The highest BCUT2D eigenvalue weighted by Crippen LogP contribution is 2.13. The van der Waals surface area contributed by atoms with E-state index >= 15 is 0 Å². The third kappa shape index (κ3) is 1.80. The number of carbonyl (C=O) groups excluding carboxylic acids is 2. The summed E-state index contributed by atoms with van der Waals surface area (Å²) in [5, 5.41) is 0. The quantitative estimate of drug-likeness (QED) is 0.500. The average molecular weight is 184 g/mol. The highest BCUT2D eigenvalue weighted by atomic mass is 16.6. The number of piperazine rings is 1. The van der Waals surface area contributed by atoms with Crippen LogP contribution in [0.4, 0.5) is 0 Å². The second kappa shape index (κ2) is 2.99. The van der Waals surface area contributed by atoms with Gasteiger partial charge in [-0.05, 0) is 0 Å². The second-order valence-electron chi connectivity index (χ2n) is 3.48. The van der Waals surface area contributed by atoms with Crippen LogP contribution < -0.4 is 0 Å². The molecule has 2 fully saturated rings. The predicted molar refractivity (Wildman–Crippen MR) is 44.0 cm³/mol. The lowest BCUT2D eigenvalue weighted by Crippen LogP contribution is -2.53. The molecule has 2 rings (SSSR count). The summed E-state index contributed by atoms with van der Waals surface area (Å²) in [6.45, 7) is 1.69. The van der Waals surface area contributed by atoms with Crippen molar-refractivity contribution in [3.8, 4) is 0 Å². The van der Waals surface area contributed by atoms with E-state index in [1.165, 1.54) is 4.90 Å².